The molecule has 0 bridgehead atoms. The Balaban J connectivity index is 2.75. The van der Waals surface area contributed by atoms with Crippen molar-refractivity contribution in [3.8, 4) is 0 Å². The fraction of sp³-hybridized carbons (Fsp3) is 1.00. The molecular weight excluding hydrogens is 230 g/mol. The van der Waals surface area contributed by atoms with Crippen molar-refractivity contribution in [2.24, 2.45) is 5.73 Å². The van der Waals surface area contributed by atoms with E-state index in [0.29, 0.717) is 0 Å². The standard InChI is InChI=1S/C6H13NO7S/c7-3-5(9)4(8)2(14-6(3)10)1-15(11,12)13/h2-6,8-10H,1,7H2,(H,11,12,13)/t2-,3-,4-,5-,6?/m1/s1. The van der Waals surface area contributed by atoms with Crippen LogP contribution in [0.25, 0.3) is 0 Å². The molecule has 0 spiro atoms. The summed E-state index contributed by atoms with van der Waals surface area (Å²) in [7, 11) is -4.37. The summed E-state index contributed by atoms with van der Waals surface area (Å²) in [5, 5.41) is 27.8. The highest BCUT2D eigenvalue weighted by molar-refractivity contribution is 7.85. The first-order chi connectivity index (χ1) is 6.72. The minimum absolute atomic E-state index is 0.922. The molecule has 90 valence electrons. The summed E-state index contributed by atoms with van der Waals surface area (Å²) < 4.78 is 34.2. The van der Waals surface area contributed by atoms with Gasteiger partial charge in [0, 0.05) is 0 Å². The Hall–Kier alpha value is -0.290. The molecule has 15 heavy (non-hydrogen) atoms. The predicted molar refractivity (Wildman–Crippen MR) is 47.3 cm³/mol. The molecular formula is C6H13NO7S. The molecule has 1 heterocycles. The minimum atomic E-state index is -4.37. The van der Waals surface area contributed by atoms with Gasteiger partial charge in [-0.1, -0.05) is 0 Å². The average molecular weight is 243 g/mol. The summed E-state index contributed by atoms with van der Waals surface area (Å²) in [4.78, 5) is 0. The van der Waals surface area contributed by atoms with Crippen molar-refractivity contribution in [3.05, 3.63) is 0 Å². The topological polar surface area (TPSA) is 150 Å². The molecule has 6 N–H and O–H groups in total. The van der Waals surface area contributed by atoms with Crippen LogP contribution in [-0.2, 0) is 14.9 Å². The molecule has 0 aliphatic carbocycles. The maximum Gasteiger partial charge on any atom is 0.267 e. The summed E-state index contributed by atoms with van der Waals surface area (Å²) in [6, 6.07) is -1.22. The highest BCUT2D eigenvalue weighted by Crippen LogP contribution is 2.19. The van der Waals surface area contributed by atoms with E-state index in [1.54, 1.807) is 0 Å². The van der Waals surface area contributed by atoms with Crippen molar-refractivity contribution < 1.29 is 33.0 Å². The highest BCUT2D eigenvalue weighted by atomic mass is 32.2. The van der Waals surface area contributed by atoms with Gasteiger partial charge in [-0.25, -0.2) is 0 Å². The van der Waals surface area contributed by atoms with Crippen LogP contribution in [0.1, 0.15) is 0 Å². The molecule has 0 radical (unpaired) electrons. The van der Waals surface area contributed by atoms with Gasteiger partial charge >= 0.3 is 0 Å². The number of nitrogens with two attached hydrogens (primary N) is 1. The van der Waals surface area contributed by atoms with Gasteiger partial charge < -0.3 is 25.8 Å². The second-order valence-corrected chi connectivity index (χ2v) is 4.87. The van der Waals surface area contributed by atoms with Crippen molar-refractivity contribution in [1.82, 2.24) is 0 Å². The predicted octanol–water partition coefficient (Wildman–Crippen LogP) is -3.36. The molecule has 5 atom stereocenters. The Morgan fingerprint density at radius 2 is 1.73 bits per heavy atom. The monoisotopic (exact) mass is 243 g/mol. The number of hydrogen-bond donors (Lipinski definition) is 5. The first-order valence-electron chi connectivity index (χ1n) is 4.13. The molecule has 1 aliphatic heterocycles. The third-order valence-electron chi connectivity index (χ3n) is 2.14. The zero-order valence-corrected chi connectivity index (χ0v) is 8.41. The largest absolute Gasteiger partial charge is 0.388 e. The number of aliphatic hydroxyl groups is 3. The van der Waals surface area contributed by atoms with Crippen LogP contribution in [0, 0.1) is 0 Å². The van der Waals surface area contributed by atoms with Crippen LogP contribution < -0.4 is 5.73 Å². The Morgan fingerprint density at radius 3 is 2.20 bits per heavy atom. The van der Waals surface area contributed by atoms with Crippen molar-refractivity contribution >= 4 is 10.1 Å². The normalized spacial score (nSPS) is 42.9. The molecule has 1 rings (SSSR count). The minimum Gasteiger partial charge on any atom is -0.388 e. The molecule has 0 aromatic carbocycles. The SMILES string of the molecule is N[C@H]1C(O)O[C@H](CS(=O)(=O)O)[C@@H](O)[C@@H]1O. The van der Waals surface area contributed by atoms with E-state index in [1.165, 1.54) is 0 Å². The van der Waals surface area contributed by atoms with E-state index < -0.39 is 46.5 Å². The van der Waals surface area contributed by atoms with Gasteiger partial charge in [0.25, 0.3) is 10.1 Å². The van der Waals surface area contributed by atoms with Crippen molar-refractivity contribution in [2.75, 3.05) is 5.75 Å². The zero-order chi connectivity index (χ0) is 11.8. The molecule has 0 aromatic rings. The third-order valence-corrected chi connectivity index (χ3v) is 2.89. The average Bonchev–Trinajstić information content (AvgIpc) is 2.08. The molecule has 8 nitrogen and oxygen atoms in total. The quantitative estimate of drug-likeness (QED) is 0.315. The lowest BCUT2D eigenvalue weighted by Gasteiger charge is -2.38. The van der Waals surface area contributed by atoms with Gasteiger partial charge in [0.1, 0.15) is 24.1 Å². The molecule has 1 fully saturated rings. The zero-order valence-electron chi connectivity index (χ0n) is 7.59. The molecule has 0 aromatic heterocycles. The second-order valence-electron chi connectivity index (χ2n) is 3.37. The number of rotatable bonds is 2. The van der Waals surface area contributed by atoms with E-state index in [0.717, 1.165) is 0 Å². The Bertz CT molecular complexity index is 317. The third kappa shape index (κ3) is 3.08. The first-order valence-corrected chi connectivity index (χ1v) is 5.73. The summed E-state index contributed by atoms with van der Waals surface area (Å²) in [5.41, 5.74) is 5.24. The highest BCUT2D eigenvalue weighted by Gasteiger charge is 2.43. The fourth-order valence-electron chi connectivity index (χ4n) is 1.31. The van der Waals surface area contributed by atoms with E-state index in [-0.39, 0.29) is 0 Å². The van der Waals surface area contributed by atoms with Gasteiger partial charge in [-0.05, 0) is 0 Å². The van der Waals surface area contributed by atoms with Crippen molar-refractivity contribution in [2.45, 2.75) is 30.6 Å². The molecule has 1 aliphatic rings. The van der Waals surface area contributed by atoms with Crippen LogP contribution >= 0.6 is 0 Å². The summed E-state index contributed by atoms with van der Waals surface area (Å²) in [6.45, 7) is 0. The Labute approximate surface area is 86.0 Å². The number of hydrogen-bond acceptors (Lipinski definition) is 7. The molecule has 1 saturated heterocycles. The van der Waals surface area contributed by atoms with Gasteiger partial charge in [0.2, 0.25) is 0 Å². The fourth-order valence-corrected chi connectivity index (χ4v) is 2.00. The van der Waals surface area contributed by atoms with Gasteiger partial charge in [0.15, 0.2) is 6.29 Å². The van der Waals surface area contributed by atoms with Crippen LogP contribution in [0.5, 0.6) is 0 Å². The van der Waals surface area contributed by atoms with E-state index in [2.05, 4.69) is 4.74 Å². The smallest absolute Gasteiger partial charge is 0.267 e. The number of ether oxygens (including phenoxy) is 1. The van der Waals surface area contributed by atoms with Crippen LogP contribution in [0.4, 0.5) is 0 Å². The van der Waals surface area contributed by atoms with Crippen LogP contribution in [-0.4, -0.2) is 64.7 Å². The lowest BCUT2D eigenvalue weighted by atomic mass is 9.98. The van der Waals surface area contributed by atoms with Gasteiger partial charge in [0.05, 0.1) is 6.04 Å². The Kier molecular flexibility index (Phi) is 3.66. The van der Waals surface area contributed by atoms with E-state index >= 15 is 0 Å². The van der Waals surface area contributed by atoms with E-state index in [1.807, 2.05) is 0 Å². The van der Waals surface area contributed by atoms with Gasteiger partial charge in [-0.3, -0.25) is 4.55 Å². The lowest BCUT2D eigenvalue weighted by molar-refractivity contribution is -0.235. The molecule has 1 unspecified atom stereocenters. The molecule has 0 amide bonds. The van der Waals surface area contributed by atoms with Crippen LogP contribution in [0.2, 0.25) is 0 Å². The number of aliphatic hydroxyl groups excluding tert-OH is 3. The maximum absolute atomic E-state index is 10.5. The molecule has 0 saturated carbocycles. The lowest BCUT2D eigenvalue weighted by Crippen LogP contribution is -2.62. The van der Waals surface area contributed by atoms with Gasteiger partial charge in [-0.2, -0.15) is 8.42 Å². The summed E-state index contributed by atoms with van der Waals surface area (Å²) in [6.07, 6.45) is -6.09. The van der Waals surface area contributed by atoms with Crippen molar-refractivity contribution in [3.63, 3.8) is 0 Å². The second kappa shape index (κ2) is 4.29. The molecule has 9 heteroatoms. The van der Waals surface area contributed by atoms with E-state index in [4.69, 9.17) is 15.4 Å². The van der Waals surface area contributed by atoms with Crippen molar-refractivity contribution in [1.29, 1.82) is 0 Å². The maximum atomic E-state index is 10.5. The van der Waals surface area contributed by atoms with Crippen LogP contribution in [0.3, 0.4) is 0 Å². The summed E-state index contributed by atoms with van der Waals surface area (Å²) in [5.74, 6) is -0.922. The summed E-state index contributed by atoms with van der Waals surface area (Å²) >= 11 is 0. The first kappa shape index (κ1) is 12.8. The Morgan fingerprint density at radius 1 is 1.20 bits per heavy atom. The van der Waals surface area contributed by atoms with Gasteiger partial charge in [-0.15, -0.1) is 0 Å². The van der Waals surface area contributed by atoms with Crippen LogP contribution in [0.15, 0.2) is 0 Å². The van der Waals surface area contributed by atoms with E-state index in [9.17, 15) is 18.6 Å².